The molecular formula is C24H30N2O2. The Bertz CT molecular complexity index is 829. The van der Waals surface area contributed by atoms with Gasteiger partial charge in [0.05, 0.1) is 6.04 Å². The first-order valence-corrected chi connectivity index (χ1v) is 10.2. The highest BCUT2D eigenvalue weighted by molar-refractivity contribution is 5.96. The van der Waals surface area contributed by atoms with Crippen LogP contribution in [0.3, 0.4) is 0 Å². The standard InChI is InChI=1S/C24H30N2O2/c1-4-5-15-25(24(28)21-12-10-18(2)11-13-21)17-23(27)26-16-14-20-8-6-7-9-22(20)19(26)3/h6-13,19H,4-5,14-17H2,1-3H3. The van der Waals surface area contributed by atoms with Gasteiger partial charge in [-0.15, -0.1) is 0 Å². The van der Waals surface area contributed by atoms with E-state index >= 15 is 0 Å². The molecule has 1 atom stereocenters. The van der Waals surface area contributed by atoms with Crippen LogP contribution in [-0.2, 0) is 11.2 Å². The molecule has 0 N–H and O–H groups in total. The molecule has 0 saturated heterocycles. The van der Waals surface area contributed by atoms with Crippen LogP contribution in [-0.4, -0.2) is 41.2 Å². The average molecular weight is 379 g/mol. The van der Waals surface area contributed by atoms with Crippen molar-refractivity contribution in [2.75, 3.05) is 19.6 Å². The van der Waals surface area contributed by atoms with Crippen molar-refractivity contribution in [1.29, 1.82) is 0 Å². The van der Waals surface area contributed by atoms with Gasteiger partial charge in [0.2, 0.25) is 5.91 Å². The number of rotatable bonds is 6. The summed E-state index contributed by atoms with van der Waals surface area (Å²) in [5.41, 5.74) is 4.30. The Morgan fingerprint density at radius 1 is 1.11 bits per heavy atom. The predicted molar refractivity (Wildman–Crippen MR) is 112 cm³/mol. The number of hydrogen-bond acceptors (Lipinski definition) is 2. The molecule has 0 saturated carbocycles. The maximum absolute atomic E-state index is 13.1. The van der Waals surface area contributed by atoms with E-state index in [1.54, 1.807) is 4.90 Å². The number of hydrogen-bond donors (Lipinski definition) is 0. The van der Waals surface area contributed by atoms with Crippen molar-refractivity contribution in [3.63, 3.8) is 0 Å². The first-order valence-electron chi connectivity index (χ1n) is 10.2. The Kier molecular flexibility index (Phi) is 6.50. The van der Waals surface area contributed by atoms with Gasteiger partial charge >= 0.3 is 0 Å². The summed E-state index contributed by atoms with van der Waals surface area (Å²) in [5.74, 6) is -0.0366. The highest BCUT2D eigenvalue weighted by Gasteiger charge is 2.29. The first kappa shape index (κ1) is 20.1. The van der Waals surface area contributed by atoms with Crippen LogP contribution in [0.15, 0.2) is 48.5 Å². The van der Waals surface area contributed by atoms with Gasteiger partial charge in [-0.25, -0.2) is 0 Å². The molecule has 4 nitrogen and oxygen atoms in total. The lowest BCUT2D eigenvalue weighted by molar-refractivity contribution is -0.134. The molecule has 4 heteroatoms. The van der Waals surface area contributed by atoms with Gasteiger partial charge in [-0.3, -0.25) is 9.59 Å². The Balaban J connectivity index is 1.74. The fraction of sp³-hybridized carbons (Fsp3) is 0.417. The monoisotopic (exact) mass is 378 g/mol. The largest absolute Gasteiger partial charge is 0.334 e. The van der Waals surface area contributed by atoms with Crippen molar-refractivity contribution >= 4 is 11.8 Å². The molecule has 0 spiro atoms. The topological polar surface area (TPSA) is 40.6 Å². The second kappa shape index (κ2) is 9.05. The van der Waals surface area contributed by atoms with Crippen LogP contribution in [0.4, 0.5) is 0 Å². The summed E-state index contributed by atoms with van der Waals surface area (Å²) >= 11 is 0. The Labute approximate surface area is 168 Å². The lowest BCUT2D eigenvalue weighted by Gasteiger charge is -2.36. The smallest absolute Gasteiger partial charge is 0.254 e. The molecule has 1 unspecified atom stereocenters. The van der Waals surface area contributed by atoms with Crippen LogP contribution in [0.2, 0.25) is 0 Å². The van der Waals surface area contributed by atoms with E-state index < -0.39 is 0 Å². The Hall–Kier alpha value is -2.62. The predicted octanol–water partition coefficient (Wildman–Crippen LogP) is 4.38. The molecule has 0 radical (unpaired) electrons. The third-order valence-electron chi connectivity index (χ3n) is 5.61. The van der Waals surface area contributed by atoms with E-state index in [2.05, 4.69) is 32.0 Å². The third-order valence-corrected chi connectivity index (χ3v) is 5.61. The maximum atomic E-state index is 13.1. The number of nitrogens with zero attached hydrogens (tertiary/aromatic N) is 2. The summed E-state index contributed by atoms with van der Waals surface area (Å²) < 4.78 is 0. The molecule has 1 aliphatic rings. The van der Waals surface area contributed by atoms with Gasteiger partial charge in [0.15, 0.2) is 0 Å². The van der Waals surface area contributed by atoms with Gasteiger partial charge in [-0.2, -0.15) is 0 Å². The van der Waals surface area contributed by atoms with E-state index in [1.165, 1.54) is 11.1 Å². The SMILES string of the molecule is CCCCN(CC(=O)N1CCc2ccccc2C1C)C(=O)c1ccc(C)cc1. The van der Waals surface area contributed by atoms with Crippen molar-refractivity contribution in [3.05, 3.63) is 70.8 Å². The highest BCUT2D eigenvalue weighted by Crippen LogP contribution is 2.29. The van der Waals surface area contributed by atoms with Crippen molar-refractivity contribution in [2.24, 2.45) is 0 Å². The van der Waals surface area contributed by atoms with Gasteiger partial charge in [-0.1, -0.05) is 55.3 Å². The van der Waals surface area contributed by atoms with Crippen molar-refractivity contribution in [1.82, 2.24) is 9.80 Å². The highest BCUT2D eigenvalue weighted by atomic mass is 16.2. The number of carbonyl (C=O) groups excluding carboxylic acids is 2. The molecule has 0 fully saturated rings. The van der Waals surface area contributed by atoms with E-state index in [9.17, 15) is 9.59 Å². The molecule has 28 heavy (non-hydrogen) atoms. The van der Waals surface area contributed by atoms with Crippen LogP contribution < -0.4 is 0 Å². The summed E-state index contributed by atoms with van der Waals surface area (Å²) in [4.78, 5) is 29.8. The molecular weight excluding hydrogens is 348 g/mol. The van der Waals surface area contributed by atoms with Crippen molar-refractivity contribution < 1.29 is 9.59 Å². The second-order valence-corrected chi connectivity index (χ2v) is 7.66. The van der Waals surface area contributed by atoms with Gasteiger partial charge < -0.3 is 9.80 Å². The van der Waals surface area contributed by atoms with E-state index in [0.717, 1.165) is 24.8 Å². The molecule has 2 aromatic rings. The molecule has 1 heterocycles. The summed E-state index contributed by atoms with van der Waals surface area (Å²) in [5, 5.41) is 0. The zero-order chi connectivity index (χ0) is 20.1. The van der Waals surface area contributed by atoms with Crippen LogP contribution in [0, 0.1) is 6.92 Å². The summed E-state index contributed by atoms with van der Waals surface area (Å²) in [6.45, 7) is 7.63. The fourth-order valence-corrected chi connectivity index (χ4v) is 3.85. The number of amides is 2. The van der Waals surface area contributed by atoms with E-state index in [1.807, 2.05) is 42.2 Å². The quantitative estimate of drug-likeness (QED) is 0.748. The van der Waals surface area contributed by atoms with Gasteiger partial charge in [-0.05, 0) is 49.9 Å². The zero-order valence-corrected chi connectivity index (χ0v) is 17.1. The van der Waals surface area contributed by atoms with E-state index in [0.29, 0.717) is 18.7 Å². The molecule has 2 amide bonds. The normalized spacial score (nSPS) is 15.8. The van der Waals surface area contributed by atoms with Crippen molar-refractivity contribution in [3.8, 4) is 0 Å². The molecule has 1 aliphatic heterocycles. The third kappa shape index (κ3) is 4.44. The summed E-state index contributed by atoms with van der Waals surface area (Å²) in [6, 6.07) is 15.9. The van der Waals surface area contributed by atoms with E-state index in [4.69, 9.17) is 0 Å². The molecule has 0 aromatic heterocycles. The summed E-state index contributed by atoms with van der Waals surface area (Å²) in [7, 11) is 0. The summed E-state index contributed by atoms with van der Waals surface area (Å²) in [6.07, 6.45) is 2.75. The van der Waals surface area contributed by atoms with E-state index in [-0.39, 0.29) is 24.4 Å². The minimum Gasteiger partial charge on any atom is -0.334 e. The van der Waals surface area contributed by atoms with Gasteiger partial charge in [0.25, 0.3) is 5.91 Å². The van der Waals surface area contributed by atoms with Gasteiger partial charge in [0, 0.05) is 18.7 Å². The number of aryl methyl sites for hydroxylation is 1. The van der Waals surface area contributed by atoms with Gasteiger partial charge in [0.1, 0.15) is 6.54 Å². The minimum absolute atomic E-state index is 0.0265. The Morgan fingerprint density at radius 3 is 2.54 bits per heavy atom. The van der Waals surface area contributed by atoms with Crippen molar-refractivity contribution in [2.45, 2.75) is 46.1 Å². The fourth-order valence-electron chi connectivity index (χ4n) is 3.85. The number of benzene rings is 2. The maximum Gasteiger partial charge on any atom is 0.254 e. The number of fused-ring (bicyclic) bond motifs is 1. The molecule has 148 valence electrons. The van der Waals surface area contributed by atoms with Crippen LogP contribution >= 0.6 is 0 Å². The number of carbonyl (C=O) groups is 2. The van der Waals surface area contributed by atoms with Crippen LogP contribution in [0.25, 0.3) is 0 Å². The second-order valence-electron chi connectivity index (χ2n) is 7.66. The lowest BCUT2D eigenvalue weighted by atomic mass is 9.93. The average Bonchev–Trinajstić information content (AvgIpc) is 2.71. The molecule has 2 aromatic carbocycles. The molecule has 0 bridgehead atoms. The molecule has 3 rings (SSSR count). The van der Waals surface area contributed by atoms with Crippen LogP contribution in [0.1, 0.15) is 59.8 Å². The Morgan fingerprint density at radius 2 is 1.82 bits per heavy atom. The first-order chi connectivity index (χ1) is 13.5. The lowest BCUT2D eigenvalue weighted by Crippen LogP contribution is -2.46. The molecule has 0 aliphatic carbocycles. The van der Waals surface area contributed by atoms with Crippen LogP contribution in [0.5, 0.6) is 0 Å². The minimum atomic E-state index is -0.0631. The zero-order valence-electron chi connectivity index (χ0n) is 17.1. The number of unbranched alkanes of at least 4 members (excludes halogenated alkanes) is 1.